The van der Waals surface area contributed by atoms with Gasteiger partial charge in [-0.25, -0.2) is 9.38 Å². The van der Waals surface area contributed by atoms with E-state index in [0.717, 1.165) is 5.56 Å². The lowest BCUT2D eigenvalue weighted by atomic mass is 10.0. The summed E-state index contributed by atoms with van der Waals surface area (Å²) in [6.07, 6.45) is 4.89. The van der Waals surface area contributed by atoms with Gasteiger partial charge in [0.2, 0.25) is 11.9 Å². The molecule has 2 heterocycles. The van der Waals surface area contributed by atoms with Crippen molar-refractivity contribution in [3.8, 4) is 6.19 Å². The number of halogens is 2. The summed E-state index contributed by atoms with van der Waals surface area (Å²) in [6.45, 7) is 2.95. The number of nitrogens with zero attached hydrogens (tertiary/aromatic N) is 4. The van der Waals surface area contributed by atoms with Gasteiger partial charge in [-0.05, 0) is 35.9 Å². The molecule has 2 aliphatic heterocycles. The molecule has 176 valence electrons. The zero-order valence-corrected chi connectivity index (χ0v) is 19.1. The zero-order chi connectivity index (χ0) is 24.1. The maximum absolute atomic E-state index is 13.2. The minimum absolute atomic E-state index is 0.0744. The van der Waals surface area contributed by atoms with Crippen molar-refractivity contribution in [1.82, 2.24) is 15.1 Å². The number of carbonyl (C=O) groups is 1. The average Bonchev–Trinajstić information content (AvgIpc) is 2.79. The molecular weight excluding hydrogens is 459 g/mol. The number of nitriles is 1. The average molecular weight is 483 g/mol. The zero-order valence-electron chi connectivity index (χ0n) is 18.3. The molecule has 0 saturated carbocycles. The number of ether oxygens (including phenoxy) is 1. The van der Waals surface area contributed by atoms with Crippen molar-refractivity contribution in [3.63, 3.8) is 0 Å². The lowest BCUT2D eigenvalue weighted by Gasteiger charge is -2.49. The summed E-state index contributed by atoms with van der Waals surface area (Å²) in [7, 11) is 0. The SMILES string of the molecule is N#CNC(N)=Nc1cc(Cl)ccc1/C=C/C(=O)N1C2COCC1CN(Cc1ccc(F)cc1)C2. The number of nitrogens with two attached hydrogens (primary N) is 1. The second-order valence-corrected chi connectivity index (χ2v) is 8.62. The Morgan fingerprint density at radius 1 is 1.26 bits per heavy atom. The third-order valence-corrected chi connectivity index (χ3v) is 5.98. The highest BCUT2D eigenvalue weighted by molar-refractivity contribution is 6.30. The number of amides is 1. The fourth-order valence-corrected chi connectivity index (χ4v) is 4.47. The second kappa shape index (κ2) is 10.7. The largest absolute Gasteiger partial charge is 0.377 e. The Bertz CT molecular complexity index is 1130. The monoisotopic (exact) mass is 482 g/mol. The molecule has 8 nitrogen and oxygen atoms in total. The van der Waals surface area contributed by atoms with Gasteiger partial charge in [0.25, 0.3) is 0 Å². The maximum Gasteiger partial charge on any atom is 0.247 e. The molecule has 3 N–H and O–H groups in total. The number of fused-ring (bicyclic) bond motifs is 2. The smallest absolute Gasteiger partial charge is 0.247 e. The summed E-state index contributed by atoms with van der Waals surface area (Å²) in [5, 5.41) is 11.4. The Morgan fingerprint density at radius 3 is 2.65 bits per heavy atom. The molecule has 2 saturated heterocycles. The Kier molecular flexibility index (Phi) is 7.43. The fraction of sp³-hybridized carbons (Fsp3) is 0.292. The van der Waals surface area contributed by atoms with Crippen LogP contribution in [0, 0.1) is 17.3 Å². The van der Waals surface area contributed by atoms with E-state index in [1.54, 1.807) is 42.6 Å². The maximum atomic E-state index is 13.2. The summed E-state index contributed by atoms with van der Waals surface area (Å²) in [4.78, 5) is 21.5. The predicted molar refractivity (Wildman–Crippen MR) is 127 cm³/mol. The van der Waals surface area contributed by atoms with Crippen LogP contribution < -0.4 is 11.1 Å². The van der Waals surface area contributed by atoms with Crippen molar-refractivity contribution in [1.29, 1.82) is 5.26 Å². The second-order valence-electron chi connectivity index (χ2n) is 8.18. The Labute approximate surface area is 202 Å². The number of morpholine rings is 1. The highest BCUT2D eigenvalue weighted by Gasteiger charge is 2.40. The normalized spacial score (nSPS) is 20.9. The van der Waals surface area contributed by atoms with E-state index in [4.69, 9.17) is 27.3 Å². The number of hydrogen-bond acceptors (Lipinski definition) is 5. The summed E-state index contributed by atoms with van der Waals surface area (Å²) >= 11 is 6.07. The van der Waals surface area contributed by atoms with Crippen molar-refractivity contribution in [2.75, 3.05) is 26.3 Å². The van der Waals surface area contributed by atoms with E-state index >= 15 is 0 Å². The molecule has 1 amide bonds. The molecular formula is C24H24ClFN6O2. The summed E-state index contributed by atoms with van der Waals surface area (Å²) < 4.78 is 18.9. The molecule has 4 rings (SSSR count). The van der Waals surface area contributed by atoms with Crippen LogP contribution in [0.3, 0.4) is 0 Å². The third-order valence-electron chi connectivity index (χ3n) is 5.74. The van der Waals surface area contributed by atoms with Crippen LogP contribution in [0.1, 0.15) is 11.1 Å². The molecule has 2 unspecified atom stereocenters. The third kappa shape index (κ3) is 5.72. The Morgan fingerprint density at radius 2 is 1.97 bits per heavy atom. The number of rotatable bonds is 5. The van der Waals surface area contributed by atoms with E-state index in [9.17, 15) is 9.18 Å². The molecule has 0 aromatic heterocycles. The van der Waals surface area contributed by atoms with E-state index < -0.39 is 0 Å². The first kappa shape index (κ1) is 23.7. The Balaban J connectivity index is 1.47. The first-order valence-corrected chi connectivity index (χ1v) is 11.1. The number of nitrogens with one attached hydrogen (secondary N) is 1. The summed E-state index contributed by atoms with van der Waals surface area (Å²) in [5.74, 6) is -0.447. The lowest BCUT2D eigenvalue weighted by molar-refractivity contribution is -0.150. The van der Waals surface area contributed by atoms with E-state index in [1.807, 2.05) is 4.90 Å². The van der Waals surface area contributed by atoms with Gasteiger partial charge in [0.1, 0.15) is 5.82 Å². The van der Waals surface area contributed by atoms with E-state index in [-0.39, 0.29) is 29.8 Å². The van der Waals surface area contributed by atoms with Crippen molar-refractivity contribution in [2.24, 2.45) is 10.7 Å². The van der Waals surface area contributed by atoms with Crippen LogP contribution in [0.4, 0.5) is 10.1 Å². The number of hydrogen-bond donors (Lipinski definition) is 2. The van der Waals surface area contributed by atoms with Crippen molar-refractivity contribution in [3.05, 3.63) is 70.5 Å². The highest BCUT2D eigenvalue weighted by atomic mass is 35.5. The minimum Gasteiger partial charge on any atom is -0.377 e. The molecule has 2 aromatic rings. The fourth-order valence-electron chi connectivity index (χ4n) is 4.30. The van der Waals surface area contributed by atoms with Gasteiger partial charge in [-0.2, -0.15) is 5.26 Å². The Hall–Kier alpha value is -3.45. The molecule has 34 heavy (non-hydrogen) atoms. The number of piperazine rings is 1. The van der Waals surface area contributed by atoms with Crippen LogP contribution in [0.15, 0.2) is 53.5 Å². The molecule has 2 aliphatic rings. The van der Waals surface area contributed by atoms with E-state index in [2.05, 4.69) is 15.2 Å². The van der Waals surface area contributed by atoms with Crippen molar-refractivity contribution < 1.29 is 13.9 Å². The number of aliphatic imine (C=N–C) groups is 1. The van der Waals surface area contributed by atoms with Gasteiger partial charge in [0.15, 0.2) is 6.19 Å². The number of guanidine groups is 1. The molecule has 2 atom stereocenters. The first-order chi connectivity index (χ1) is 16.4. The molecule has 2 fully saturated rings. The van der Waals surface area contributed by atoms with E-state index in [0.29, 0.717) is 49.1 Å². The van der Waals surface area contributed by atoms with Gasteiger partial charge < -0.3 is 15.4 Å². The summed E-state index contributed by atoms with van der Waals surface area (Å²) in [5.41, 5.74) is 7.78. The van der Waals surface area contributed by atoms with Gasteiger partial charge in [-0.15, -0.1) is 0 Å². The highest BCUT2D eigenvalue weighted by Crippen LogP contribution is 2.27. The number of carbonyl (C=O) groups excluding carboxylic acids is 1. The van der Waals surface area contributed by atoms with Crippen molar-refractivity contribution >= 4 is 35.2 Å². The van der Waals surface area contributed by atoms with Crippen molar-refractivity contribution in [2.45, 2.75) is 18.6 Å². The molecule has 2 aromatic carbocycles. The summed E-state index contributed by atoms with van der Waals surface area (Å²) in [6, 6.07) is 11.4. The van der Waals surface area contributed by atoms with Crippen LogP contribution in [-0.4, -0.2) is 60.1 Å². The molecule has 0 radical (unpaired) electrons. The van der Waals surface area contributed by atoms with Crippen LogP contribution in [-0.2, 0) is 16.1 Å². The molecule has 10 heteroatoms. The quantitative estimate of drug-likeness (QED) is 0.223. The lowest BCUT2D eigenvalue weighted by Crippen LogP contribution is -2.65. The van der Waals surface area contributed by atoms with Gasteiger partial charge in [-0.1, -0.05) is 29.8 Å². The molecule has 0 spiro atoms. The number of benzene rings is 2. The van der Waals surface area contributed by atoms with Gasteiger partial charge in [0, 0.05) is 36.3 Å². The van der Waals surface area contributed by atoms with Crippen LogP contribution >= 0.6 is 11.6 Å². The first-order valence-electron chi connectivity index (χ1n) is 10.8. The van der Waals surface area contributed by atoms with Crippen LogP contribution in [0.5, 0.6) is 0 Å². The molecule has 2 bridgehead atoms. The molecule has 0 aliphatic carbocycles. The van der Waals surface area contributed by atoms with Crippen LogP contribution in [0.25, 0.3) is 6.08 Å². The predicted octanol–water partition coefficient (Wildman–Crippen LogP) is 2.62. The van der Waals surface area contributed by atoms with Crippen LogP contribution in [0.2, 0.25) is 5.02 Å². The van der Waals surface area contributed by atoms with E-state index in [1.165, 1.54) is 18.2 Å². The van der Waals surface area contributed by atoms with Gasteiger partial charge >= 0.3 is 0 Å². The standard InChI is InChI=1S/C24H24ClFN6O2/c25-18-5-3-17(22(9-18)30-24(28)29-15-27)4-8-23(33)32-20-11-31(12-21(32)14-34-13-20)10-16-1-6-19(26)7-2-16/h1-9,20-21H,10-14H2,(H3,28,29,30)/b8-4+. The van der Waals surface area contributed by atoms with Gasteiger partial charge in [-0.3, -0.25) is 15.0 Å². The van der Waals surface area contributed by atoms with Gasteiger partial charge in [0.05, 0.1) is 31.0 Å². The minimum atomic E-state index is -0.255. The topological polar surface area (TPSA) is 107 Å².